The Morgan fingerprint density at radius 1 is 1.27 bits per heavy atom. The molecule has 0 spiro atoms. The molecule has 0 saturated heterocycles. The highest BCUT2D eigenvalue weighted by Crippen LogP contribution is 2.34. The maximum atomic E-state index is 11.8. The SMILES string of the molecule is COc1cc(O)c(CC=CF)cc1OC. The van der Waals surface area contributed by atoms with E-state index in [0.29, 0.717) is 29.8 Å². The largest absolute Gasteiger partial charge is 0.508 e. The molecule has 82 valence electrons. The van der Waals surface area contributed by atoms with Crippen LogP contribution in [0.5, 0.6) is 17.2 Å². The van der Waals surface area contributed by atoms with Crippen LogP contribution in [0.1, 0.15) is 5.56 Å². The summed E-state index contributed by atoms with van der Waals surface area (Å²) in [6, 6.07) is 3.06. The molecule has 0 bridgehead atoms. The molecule has 0 unspecified atom stereocenters. The molecular weight excluding hydrogens is 199 g/mol. The molecular formula is C11H13FO3. The highest BCUT2D eigenvalue weighted by molar-refractivity contribution is 5.50. The normalized spacial score (nSPS) is 10.6. The van der Waals surface area contributed by atoms with E-state index in [2.05, 4.69) is 0 Å². The minimum atomic E-state index is 0.0609. The van der Waals surface area contributed by atoms with Crippen LogP contribution in [0.4, 0.5) is 4.39 Å². The fourth-order valence-corrected chi connectivity index (χ4v) is 1.25. The van der Waals surface area contributed by atoms with E-state index in [1.54, 1.807) is 6.07 Å². The summed E-state index contributed by atoms with van der Waals surface area (Å²) in [5.74, 6) is 1.02. The molecule has 0 aromatic heterocycles. The lowest BCUT2D eigenvalue weighted by Gasteiger charge is -2.10. The van der Waals surface area contributed by atoms with Gasteiger partial charge in [-0.2, -0.15) is 0 Å². The van der Waals surface area contributed by atoms with Gasteiger partial charge in [0.2, 0.25) is 0 Å². The number of allylic oxidation sites excluding steroid dienone is 1. The van der Waals surface area contributed by atoms with Crippen LogP contribution >= 0.6 is 0 Å². The van der Waals surface area contributed by atoms with Gasteiger partial charge in [0.25, 0.3) is 0 Å². The first-order valence-corrected chi connectivity index (χ1v) is 4.42. The van der Waals surface area contributed by atoms with Crippen molar-refractivity contribution >= 4 is 0 Å². The second-order valence-electron chi connectivity index (χ2n) is 2.90. The average molecular weight is 212 g/mol. The lowest BCUT2D eigenvalue weighted by atomic mass is 10.1. The van der Waals surface area contributed by atoms with E-state index in [0.717, 1.165) is 0 Å². The predicted octanol–water partition coefficient (Wildman–Crippen LogP) is 2.44. The van der Waals surface area contributed by atoms with Gasteiger partial charge in [-0.05, 0) is 12.5 Å². The zero-order valence-corrected chi connectivity index (χ0v) is 8.66. The molecule has 0 aliphatic carbocycles. The van der Waals surface area contributed by atoms with Crippen molar-refractivity contribution in [2.75, 3.05) is 14.2 Å². The van der Waals surface area contributed by atoms with Crippen molar-refractivity contribution in [3.8, 4) is 17.2 Å². The Morgan fingerprint density at radius 3 is 2.40 bits per heavy atom. The van der Waals surface area contributed by atoms with E-state index in [1.807, 2.05) is 0 Å². The Morgan fingerprint density at radius 2 is 1.87 bits per heavy atom. The highest BCUT2D eigenvalue weighted by Gasteiger charge is 2.09. The number of phenols is 1. The average Bonchev–Trinajstić information content (AvgIpc) is 2.27. The minimum Gasteiger partial charge on any atom is -0.508 e. The Hall–Kier alpha value is -1.71. The summed E-state index contributed by atoms with van der Waals surface area (Å²) in [7, 11) is 2.99. The molecule has 3 nitrogen and oxygen atoms in total. The van der Waals surface area contributed by atoms with E-state index < -0.39 is 0 Å². The van der Waals surface area contributed by atoms with Crippen LogP contribution in [-0.4, -0.2) is 19.3 Å². The molecule has 1 rings (SSSR count). The van der Waals surface area contributed by atoms with Crippen LogP contribution in [0.2, 0.25) is 0 Å². The summed E-state index contributed by atoms with van der Waals surface area (Å²) < 4.78 is 21.9. The molecule has 0 fully saturated rings. The number of rotatable bonds is 4. The molecule has 1 N–H and O–H groups in total. The third-order valence-corrected chi connectivity index (χ3v) is 2.01. The van der Waals surface area contributed by atoms with Gasteiger partial charge in [-0.25, -0.2) is 4.39 Å². The van der Waals surface area contributed by atoms with Crippen LogP contribution in [0.25, 0.3) is 0 Å². The first-order valence-electron chi connectivity index (χ1n) is 4.42. The number of benzene rings is 1. The number of ether oxygens (including phenoxy) is 2. The number of methoxy groups -OCH3 is 2. The number of hydrogen-bond acceptors (Lipinski definition) is 3. The quantitative estimate of drug-likeness (QED) is 0.833. The van der Waals surface area contributed by atoms with Gasteiger partial charge in [-0.1, -0.05) is 6.08 Å². The van der Waals surface area contributed by atoms with Gasteiger partial charge >= 0.3 is 0 Å². The van der Waals surface area contributed by atoms with Crippen molar-refractivity contribution in [3.05, 3.63) is 30.1 Å². The second-order valence-corrected chi connectivity index (χ2v) is 2.90. The maximum absolute atomic E-state index is 11.8. The molecule has 15 heavy (non-hydrogen) atoms. The molecule has 4 heteroatoms. The van der Waals surface area contributed by atoms with Gasteiger partial charge in [0.05, 0.1) is 20.5 Å². The summed E-state index contributed by atoms with van der Waals surface area (Å²) in [5.41, 5.74) is 0.585. The van der Waals surface area contributed by atoms with Gasteiger partial charge < -0.3 is 14.6 Å². The molecule has 0 aliphatic rings. The molecule has 0 radical (unpaired) electrons. The molecule has 0 saturated carbocycles. The molecule has 0 heterocycles. The Labute approximate surface area is 87.8 Å². The van der Waals surface area contributed by atoms with Crippen molar-refractivity contribution in [1.82, 2.24) is 0 Å². The summed E-state index contributed by atoms with van der Waals surface area (Å²) >= 11 is 0. The van der Waals surface area contributed by atoms with Gasteiger partial charge in [0.1, 0.15) is 5.75 Å². The van der Waals surface area contributed by atoms with Crippen molar-refractivity contribution in [2.24, 2.45) is 0 Å². The van der Waals surface area contributed by atoms with E-state index in [1.165, 1.54) is 26.4 Å². The number of phenolic OH excluding ortho intramolecular Hbond substituents is 1. The monoisotopic (exact) mass is 212 g/mol. The molecule has 0 aliphatic heterocycles. The first kappa shape index (κ1) is 11.4. The third kappa shape index (κ3) is 2.62. The minimum absolute atomic E-state index is 0.0609. The molecule has 0 amide bonds. The third-order valence-electron chi connectivity index (χ3n) is 2.01. The first-order chi connectivity index (χ1) is 7.22. The zero-order chi connectivity index (χ0) is 11.3. The van der Waals surface area contributed by atoms with Crippen molar-refractivity contribution < 1.29 is 19.0 Å². The van der Waals surface area contributed by atoms with E-state index >= 15 is 0 Å². The van der Waals surface area contributed by atoms with Crippen LogP contribution < -0.4 is 9.47 Å². The fourth-order valence-electron chi connectivity index (χ4n) is 1.25. The van der Waals surface area contributed by atoms with Crippen molar-refractivity contribution in [2.45, 2.75) is 6.42 Å². The summed E-state index contributed by atoms with van der Waals surface area (Å²) in [6.07, 6.45) is 2.06. The summed E-state index contributed by atoms with van der Waals surface area (Å²) in [6.45, 7) is 0. The van der Waals surface area contributed by atoms with Gasteiger partial charge in [-0.3, -0.25) is 0 Å². The van der Waals surface area contributed by atoms with Gasteiger partial charge in [0.15, 0.2) is 11.5 Å². The molecule has 0 atom stereocenters. The fraction of sp³-hybridized carbons (Fsp3) is 0.273. The Bertz CT molecular complexity index is 361. The molecule has 1 aromatic carbocycles. The van der Waals surface area contributed by atoms with E-state index in [9.17, 15) is 9.50 Å². The Kier molecular flexibility index (Phi) is 3.97. The predicted molar refractivity (Wildman–Crippen MR) is 55.2 cm³/mol. The van der Waals surface area contributed by atoms with Crippen LogP contribution in [-0.2, 0) is 6.42 Å². The van der Waals surface area contributed by atoms with Gasteiger partial charge in [0, 0.05) is 11.6 Å². The number of halogens is 1. The van der Waals surface area contributed by atoms with Crippen LogP contribution in [0.3, 0.4) is 0 Å². The zero-order valence-electron chi connectivity index (χ0n) is 8.66. The summed E-state index contributed by atoms with van der Waals surface area (Å²) in [5, 5.41) is 9.58. The van der Waals surface area contributed by atoms with Crippen LogP contribution in [0.15, 0.2) is 24.5 Å². The van der Waals surface area contributed by atoms with Crippen molar-refractivity contribution in [3.63, 3.8) is 0 Å². The Balaban J connectivity index is 3.07. The second kappa shape index (κ2) is 5.24. The van der Waals surface area contributed by atoms with Crippen molar-refractivity contribution in [1.29, 1.82) is 0 Å². The number of aromatic hydroxyl groups is 1. The van der Waals surface area contributed by atoms with Crippen LogP contribution in [0, 0.1) is 0 Å². The molecule has 1 aromatic rings. The topological polar surface area (TPSA) is 38.7 Å². The van der Waals surface area contributed by atoms with Gasteiger partial charge in [-0.15, -0.1) is 0 Å². The smallest absolute Gasteiger partial charge is 0.164 e. The number of hydrogen-bond donors (Lipinski definition) is 1. The van der Waals surface area contributed by atoms with E-state index in [-0.39, 0.29) is 5.75 Å². The standard InChI is InChI=1S/C11H13FO3/c1-14-10-6-8(4-3-5-12)9(13)7-11(10)15-2/h3,5-7,13H,4H2,1-2H3. The van der Waals surface area contributed by atoms with E-state index in [4.69, 9.17) is 9.47 Å². The summed E-state index contributed by atoms with van der Waals surface area (Å²) in [4.78, 5) is 0. The maximum Gasteiger partial charge on any atom is 0.164 e. The lowest BCUT2D eigenvalue weighted by Crippen LogP contribution is -1.92. The lowest BCUT2D eigenvalue weighted by molar-refractivity contribution is 0.350. The highest BCUT2D eigenvalue weighted by atomic mass is 19.1.